The van der Waals surface area contributed by atoms with Gasteiger partial charge in [-0.1, -0.05) is 12.1 Å². The van der Waals surface area contributed by atoms with Gasteiger partial charge in [0.15, 0.2) is 11.6 Å². The molecule has 7 heteroatoms. The maximum atomic E-state index is 13.6. The molecule has 2 N–H and O–H groups in total. The Bertz CT molecular complexity index is 665. The van der Waals surface area contributed by atoms with Crippen LogP contribution in [0, 0.1) is 17.5 Å². The van der Waals surface area contributed by atoms with E-state index in [4.69, 9.17) is 5.73 Å². The van der Waals surface area contributed by atoms with Gasteiger partial charge in [-0.15, -0.1) is 0 Å². The van der Waals surface area contributed by atoms with Crippen LogP contribution in [-0.2, 0) is 6.18 Å². The van der Waals surface area contributed by atoms with E-state index in [1.165, 1.54) is 6.07 Å². The molecule has 0 aromatic heterocycles. The Hall–Kier alpha value is -2.02. The summed E-state index contributed by atoms with van der Waals surface area (Å²) in [7, 11) is 0. The van der Waals surface area contributed by atoms with E-state index in [9.17, 15) is 26.3 Å². The van der Waals surface area contributed by atoms with Crippen molar-refractivity contribution < 1.29 is 26.3 Å². The molecule has 112 valence electrons. The fourth-order valence-electron chi connectivity index (χ4n) is 1.86. The average Bonchev–Trinajstić information content (AvgIpc) is 2.41. The van der Waals surface area contributed by atoms with Crippen LogP contribution in [0.2, 0.25) is 0 Å². The molecule has 2 rings (SSSR count). The van der Waals surface area contributed by atoms with Gasteiger partial charge in [0.05, 0.1) is 11.6 Å². The molecule has 0 bridgehead atoms. The van der Waals surface area contributed by atoms with Crippen molar-refractivity contribution in [2.24, 2.45) is 5.73 Å². The van der Waals surface area contributed by atoms with Crippen LogP contribution in [-0.4, -0.2) is 0 Å². The van der Waals surface area contributed by atoms with Gasteiger partial charge in [-0.2, -0.15) is 13.2 Å². The summed E-state index contributed by atoms with van der Waals surface area (Å²) >= 11 is 0. The van der Waals surface area contributed by atoms with Crippen molar-refractivity contribution in [2.75, 3.05) is 0 Å². The van der Waals surface area contributed by atoms with Crippen LogP contribution in [0.1, 0.15) is 22.7 Å². The molecule has 1 nitrogen and oxygen atoms in total. The molecule has 0 aliphatic carbocycles. The monoisotopic (exact) mass is 305 g/mol. The average molecular weight is 305 g/mol. The fourth-order valence-corrected chi connectivity index (χ4v) is 1.86. The Morgan fingerprint density at radius 1 is 0.857 bits per heavy atom. The molecule has 0 spiro atoms. The molecular weight excluding hydrogens is 296 g/mol. The van der Waals surface area contributed by atoms with Crippen molar-refractivity contribution in [3.05, 3.63) is 70.5 Å². The molecule has 0 radical (unpaired) electrons. The van der Waals surface area contributed by atoms with Crippen LogP contribution < -0.4 is 5.73 Å². The lowest BCUT2D eigenvalue weighted by atomic mass is 9.97. The number of hydrogen-bond acceptors (Lipinski definition) is 1. The number of halogens is 6. The summed E-state index contributed by atoms with van der Waals surface area (Å²) in [5.41, 5.74) is 4.21. The largest absolute Gasteiger partial charge is 0.416 e. The van der Waals surface area contributed by atoms with Gasteiger partial charge < -0.3 is 5.73 Å². The quantitative estimate of drug-likeness (QED) is 0.654. The topological polar surface area (TPSA) is 26.0 Å². The van der Waals surface area contributed by atoms with Gasteiger partial charge in [0.25, 0.3) is 0 Å². The van der Waals surface area contributed by atoms with Crippen LogP contribution >= 0.6 is 0 Å². The SMILES string of the molecule is NC(c1cccc(C(F)(F)F)c1)c1cc(F)c(F)cc1F. The lowest BCUT2D eigenvalue weighted by Crippen LogP contribution is -2.16. The third kappa shape index (κ3) is 3.18. The van der Waals surface area contributed by atoms with Gasteiger partial charge >= 0.3 is 6.18 Å². The van der Waals surface area contributed by atoms with Crippen molar-refractivity contribution >= 4 is 0 Å². The minimum atomic E-state index is -4.58. The standard InChI is InChI=1S/C14H9F6N/c15-10-6-12(17)11(16)5-9(10)13(21)7-2-1-3-8(4-7)14(18,19)20/h1-6,13H,21H2. The van der Waals surface area contributed by atoms with Crippen LogP contribution in [0.25, 0.3) is 0 Å². The van der Waals surface area contributed by atoms with Gasteiger partial charge in [-0.25, -0.2) is 13.2 Å². The van der Waals surface area contributed by atoms with E-state index in [2.05, 4.69) is 0 Å². The summed E-state index contributed by atoms with van der Waals surface area (Å²) in [6, 6.07) is 3.43. The van der Waals surface area contributed by atoms with Crippen molar-refractivity contribution in [1.82, 2.24) is 0 Å². The highest BCUT2D eigenvalue weighted by molar-refractivity contribution is 5.35. The van der Waals surface area contributed by atoms with Gasteiger partial charge in [-0.05, 0) is 23.8 Å². The van der Waals surface area contributed by atoms with E-state index in [1.807, 2.05) is 0 Å². The first kappa shape index (κ1) is 15.4. The minimum Gasteiger partial charge on any atom is -0.320 e. The Kier molecular flexibility index (Phi) is 3.95. The van der Waals surface area contributed by atoms with Crippen molar-refractivity contribution in [3.8, 4) is 0 Å². The van der Waals surface area contributed by atoms with Crippen molar-refractivity contribution in [2.45, 2.75) is 12.2 Å². The van der Waals surface area contributed by atoms with E-state index < -0.39 is 40.8 Å². The molecule has 21 heavy (non-hydrogen) atoms. The molecule has 0 aliphatic rings. The summed E-state index contributed by atoms with van der Waals surface area (Å²) < 4.78 is 77.4. The maximum absolute atomic E-state index is 13.6. The second kappa shape index (κ2) is 5.40. The third-order valence-electron chi connectivity index (χ3n) is 2.95. The van der Waals surface area contributed by atoms with Crippen molar-refractivity contribution in [3.63, 3.8) is 0 Å². The molecule has 0 saturated carbocycles. The Morgan fingerprint density at radius 3 is 2.10 bits per heavy atom. The predicted molar refractivity (Wildman–Crippen MR) is 63.8 cm³/mol. The Labute approximate surface area is 116 Å². The molecule has 0 heterocycles. The van der Waals surface area contributed by atoms with Crippen LogP contribution in [0.3, 0.4) is 0 Å². The predicted octanol–water partition coefficient (Wildman–Crippen LogP) is 4.17. The molecule has 1 atom stereocenters. The van der Waals surface area contributed by atoms with Gasteiger partial charge in [0, 0.05) is 11.6 Å². The first-order valence-corrected chi connectivity index (χ1v) is 5.77. The second-order valence-corrected chi connectivity index (χ2v) is 4.39. The Morgan fingerprint density at radius 2 is 1.48 bits per heavy atom. The third-order valence-corrected chi connectivity index (χ3v) is 2.95. The zero-order valence-corrected chi connectivity index (χ0v) is 10.4. The lowest BCUT2D eigenvalue weighted by molar-refractivity contribution is -0.137. The summed E-state index contributed by atoms with van der Waals surface area (Å²) in [4.78, 5) is 0. The van der Waals surface area contributed by atoms with E-state index in [1.54, 1.807) is 0 Å². The number of nitrogens with two attached hydrogens (primary N) is 1. The maximum Gasteiger partial charge on any atom is 0.416 e. The van der Waals surface area contributed by atoms with Crippen LogP contribution in [0.4, 0.5) is 26.3 Å². The highest BCUT2D eigenvalue weighted by Gasteiger charge is 2.31. The molecule has 0 aliphatic heterocycles. The van der Waals surface area contributed by atoms with Gasteiger partial charge in [0.2, 0.25) is 0 Å². The van der Waals surface area contributed by atoms with E-state index >= 15 is 0 Å². The fraction of sp³-hybridized carbons (Fsp3) is 0.143. The molecule has 2 aromatic rings. The summed E-state index contributed by atoms with van der Waals surface area (Å²) in [6.07, 6.45) is -4.58. The second-order valence-electron chi connectivity index (χ2n) is 4.39. The smallest absolute Gasteiger partial charge is 0.320 e. The van der Waals surface area contributed by atoms with Gasteiger partial charge in [0.1, 0.15) is 5.82 Å². The number of rotatable bonds is 2. The molecule has 1 unspecified atom stereocenters. The zero-order chi connectivity index (χ0) is 15.8. The van der Waals surface area contributed by atoms with E-state index in [0.29, 0.717) is 12.1 Å². The molecular formula is C14H9F6N. The van der Waals surface area contributed by atoms with Gasteiger partial charge in [-0.3, -0.25) is 0 Å². The summed E-state index contributed by atoms with van der Waals surface area (Å²) in [5, 5.41) is 0. The highest BCUT2D eigenvalue weighted by Crippen LogP contribution is 2.32. The van der Waals surface area contributed by atoms with Crippen molar-refractivity contribution in [1.29, 1.82) is 0 Å². The van der Waals surface area contributed by atoms with E-state index in [-0.39, 0.29) is 5.56 Å². The Balaban J connectivity index is 2.45. The normalized spacial score (nSPS) is 13.3. The van der Waals surface area contributed by atoms with E-state index in [0.717, 1.165) is 18.2 Å². The molecule has 0 saturated heterocycles. The number of hydrogen-bond donors (Lipinski definition) is 1. The minimum absolute atomic E-state index is 0.0604. The summed E-state index contributed by atoms with van der Waals surface area (Å²) in [6.45, 7) is 0. The number of benzene rings is 2. The summed E-state index contributed by atoms with van der Waals surface area (Å²) in [5.74, 6) is -3.85. The number of alkyl halides is 3. The van der Waals surface area contributed by atoms with Crippen LogP contribution in [0.15, 0.2) is 36.4 Å². The first-order valence-electron chi connectivity index (χ1n) is 5.77. The molecule has 0 fully saturated rings. The van der Waals surface area contributed by atoms with Crippen LogP contribution in [0.5, 0.6) is 0 Å². The first-order chi connectivity index (χ1) is 9.70. The molecule has 2 aromatic carbocycles. The lowest BCUT2D eigenvalue weighted by Gasteiger charge is -2.16. The molecule has 0 amide bonds. The zero-order valence-electron chi connectivity index (χ0n) is 10.4. The highest BCUT2D eigenvalue weighted by atomic mass is 19.4.